The summed E-state index contributed by atoms with van der Waals surface area (Å²) in [5.74, 6) is -0.919. The van der Waals surface area contributed by atoms with E-state index in [1.54, 1.807) is 37.3 Å². The number of carbonyl (C=O) groups is 1. The van der Waals surface area contributed by atoms with Crippen LogP contribution in [-0.4, -0.2) is 65.6 Å². The van der Waals surface area contributed by atoms with E-state index in [2.05, 4.69) is 15.4 Å². The average Bonchev–Trinajstić information content (AvgIpc) is 3.40. The van der Waals surface area contributed by atoms with Gasteiger partial charge < -0.3 is 29.7 Å². The number of nitrogens with zero attached hydrogens (tertiary/aromatic N) is 2. The molecule has 1 aromatic carbocycles. The summed E-state index contributed by atoms with van der Waals surface area (Å²) in [6, 6.07) is 8.10. The molecule has 8 nitrogen and oxygen atoms in total. The smallest absolute Gasteiger partial charge is 0.313 e. The van der Waals surface area contributed by atoms with Crippen LogP contribution in [0.5, 0.6) is 5.75 Å². The molecule has 1 saturated heterocycles. The molecule has 3 N–H and O–H groups in total. The monoisotopic (exact) mass is 403 g/mol. The zero-order valence-electron chi connectivity index (χ0n) is 16.7. The number of likely N-dealkylation sites (tertiary alicyclic amines) is 1. The number of aliphatic hydroxyl groups excluding tert-OH is 1. The number of nitrogens with one attached hydrogen (secondary N) is 1. The molecule has 0 aliphatic carbocycles. The first-order chi connectivity index (χ1) is 14.1. The van der Waals surface area contributed by atoms with Gasteiger partial charge in [0.15, 0.2) is 5.76 Å². The van der Waals surface area contributed by atoms with Crippen LogP contribution in [0.15, 0.2) is 34.9 Å². The van der Waals surface area contributed by atoms with Crippen molar-refractivity contribution >= 4 is 5.97 Å². The van der Waals surface area contributed by atoms with Gasteiger partial charge in [-0.2, -0.15) is 0 Å². The Kier molecular flexibility index (Phi) is 7.62. The summed E-state index contributed by atoms with van der Waals surface area (Å²) in [6.45, 7) is 6.14. The first kappa shape index (κ1) is 21.3. The van der Waals surface area contributed by atoms with E-state index in [1.807, 2.05) is 0 Å². The van der Waals surface area contributed by atoms with Crippen LogP contribution in [0.4, 0.5) is 0 Å². The van der Waals surface area contributed by atoms with Crippen molar-refractivity contribution in [2.24, 2.45) is 5.92 Å². The quantitative estimate of drug-likeness (QED) is 0.408. The van der Waals surface area contributed by atoms with Gasteiger partial charge in [-0.05, 0) is 57.1 Å². The number of hydrogen-bond acceptors (Lipinski definition) is 8. The van der Waals surface area contributed by atoms with Crippen molar-refractivity contribution in [1.82, 2.24) is 15.4 Å². The molecule has 29 heavy (non-hydrogen) atoms. The van der Waals surface area contributed by atoms with E-state index < -0.39 is 18.0 Å². The molecule has 2 aromatic rings. The minimum atomic E-state index is -1.17. The fourth-order valence-electron chi connectivity index (χ4n) is 3.47. The molecule has 3 rings (SSSR count). The minimum absolute atomic E-state index is 0.153. The largest absolute Gasteiger partial charge is 0.508 e. The minimum Gasteiger partial charge on any atom is -0.508 e. The van der Waals surface area contributed by atoms with Crippen LogP contribution in [0.3, 0.4) is 0 Å². The van der Waals surface area contributed by atoms with E-state index >= 15 is 0 Å². The number of phenols is 1. The van der Waals surface area contributed by atoms with Crippen LogP contribution in [0.1, 0.15) is 31.6 Å². The molecular formula is C21H29N3O5. The number of carbonyl (C=O) groups excluding carboxylic acids is 1. The highest BCUT2D eigenvalue weighted by Crippen LogP contribution is 2.28. The Morgan fingerprint density at radius 1 is 1.31 bits per heavy atom. The molecule has 0 saturated carbocycles. The van der Waals surface area contributed by atoms with Gasteiger partial charge in [-0.3, -0.25) is 4.79 Å². The van der Waals surface area contributed by atoms with Gasteiger partial charge >= 0.3 is 5.97 Å². The second kappa shape index (κ2) is 10.4. The summed E-state index contributed by atoms with van der Waals surface area (Å²) >= 11 is 0. The Hall–Kier alpha value is -2.42. The van der Waals surface area contributed by atoms with Crippen LogP contribution < -0.4 is 5.32 Å². The molecule has 2 atom stereocenters. The maximum atomic E-state index is 12.4. The van der Waals surface area contributed by atoms with Gasteiger partial charge in [0.1, 0.15) is 23.5 Å². The third kappa shape index (κ3) is 5.79. The second-order valence-corrected chi connectivity index (χ2v) is 7.22. The lowest BCUT2D eigenvalue weighted by Crippen LogP contribution is -2.37. The number of aromatic nitrogens is 1. The van der Waals surface area contributed by atoms with Crippen LogP contribution in [0, 0.1) is 5.92 Å². The molecular weight excluding hydrogens is 374 g/mol. The molecule has 1 aromatic heterocycles. The number of phenolic OH excluding ortho intramolecular Hbond substituents is 1. The maximum absolute atomic E-state index is 12.4. The molecule has 0 amide bonds. The lowest BCUT2D eigenvalue weighted by molar-refractivity contribution is -0.152. The van der Waals surface area contributed by atoms with Crippen LogP contribution in [0.25, 0.3) is 11.3 Å². The highest BCUT2D eigenvalue weighted by Gasteiger charge is 2.32. The van der Waals surface area contributed by atoms with Gasteiger partial charge in [-0.25, -0.2) is 0 Å². The number of hydrogen-bond donors (Lipinski definition) is 3. The topological polar surface area (TPSA) is 108 Å². The molecule has 0 radical (unpaired) electrons. The predicted octanol–water partition coefficient (Wildman–Crippen LogP) is 1.95. The van der Waals surface area contributed by atoms with Crippen molar-refractivity contribution in [3.63, 3.8) is 0 Å². The predicted molar refractivity (Wildman–Crippen MR) is 107 cm³/mol. The standard InChI is InChI=1S/C21H29N3O5/c1-2-28-21(27)17(14-22-9-12-24-10-3-4-11-24)20(26)19-13-18(23-29-19)15-5-7-16(25)8-6-15/h5-8,13,17,20,22,25-26H,2-4,9-12,14H2,1H3. The van der Waals surface area contributed by atoms with Gasteiger partial charge in [-0.1, -0.05) is 5.16 Å². The van der Waals surface area contributed by atoms with Gasteiger partial charge in [-0.15, -0.1) is 0 Å². The van der Waals surface area contributed by atoms with Gasteiger partial charge in [0.25, 0.3) is 0 Å². The first-order valence-electron chi connectivity index (χ1n) is 10.1. The first-order valence-corrected chi connectivity index (χ1v) is 10.1. The van der Waals surface area contributed by atoms with E-state index in [4.69, 9.17) is 9.26 Å². The third-order valence-corrected chi connectivity index (χ3v) is 5.12. The molecule has 2 unspecified atom stereocenters. The summed E-state index contributed by atoms with van der Waals surface area (Å²) in [7, 11) is 0. The molecule has 0 spiro atoms. The fraction of sp³-hybridized carbons (Fsp3) is 0.524. The second-order valence-electron chi connectivity index (χ2n) is 7.22. The van der Waals surface area contributed by atoms with Crippen molar-refractivity contribution in [3.05, 3.63) is 36.1 Å². The van der Waals surface area contributed by atoms with Crippen molar-refractivity contribution < 1.29 is 24.3 Å². The number of rotatable bonds is 10. The Morgan fingerprint density at radius 3 is 2.72 bits per heavy atom. The SMILES string of the molecule is CCOC(=O)C(CNCCN1CCCC1)C(O)c1cc(-c2ccc(O)cc2)no1. The average molecular weight is 403 g/mol. The molecule has 1 fully saturated rings. The van der Waals surface area contributed by atoms with E-state index in [1.165, 1.54) is 12.8 Å². The summed E-state index contributed by atoms with van der Waals surface area (Å²) in [5, 5.41) is 27.4. The number of aliphatic hydroxyl groups is 1. The van der Waals surface area contributed by atoms with Crippen molar-refractivity contribution in [2.45, 2.75) is 25.9 Å². The third-order valence-electron chi connectivity index (χ3n) is 5.12. The molecule has 8 heteroatoms. The van der Waals surface area contributed by atoms with Crippen molar-refractivity contribution in [3.8, 4) is 17.0 Å². The molecule has 158 valence electrons. The molecule has 1 aliphatic rings. The van der Waals surface area contributed by atoms with Crippen molar-refractivity contribution in [1.29, 1.82) is 0 Å². The number of esters is 1. The van der Waals surface area contributed by atoms with E-state index in [0.717, 1.165) is 31.7 Å². The summed E-state index contributed by atoms with van der Waals surface area (Å²) < 4.78 is 10.4. The van der Waals surface area contributed by atoms with Crippen molar-refractivity contribution in [2.75, 3.05) is 39.3 Å². The van der Waals surface area contributed by atoms with E-state index in [9.17, 15) is 15.0 Å². The summed E-state index contributed by atoms with van der Waals surface area (Å²) in [6.07, 6.45) is 1.30. The number of ether oxygens (including phenoxy) is 1. The zero-order valence-corrected chi connectivity index (χ0v) is 16.7. The van der Waals surface area contributed by atoms with Crippen LogP contribution in [0.2, 0.25) is 0 Å². The Bertz CT molecular complexity index is 771. The van der Waals surface area contributed by atoms with Gasteiger partial charge in [0, 0.05) is 31.3 Å². The lowest BCUT2D eigenvalue weighted by atomic mass is 9.99. The highest BCUT2D eigenvalue weighted by molar-refractivity contribution is 5.73. The normalized spacial score (nSPS) is 16.6. The van der Waals surface area contributed by atoms with Crippen LogP contribution in [-0.2, 0) is 9.53 Å². The number of aromatic hydroxyl groups is 1. The zero-order chi connectivity index (χ0) is 20.6. The van der Waals surface area contributed by atoms with Gasteiger partial charge in [0.2, 0.25) is 0 Å². The molecule has 1 aliphatic heterocycles. The Balaban J connectivity index is 1.63. The van der Waals surface area contributed by atoms with Crippen LogP contribution >= 0.6 is 0 Å². The molecule has 2 heterocycles. The van der Waals surface area contributed by atoms with E-state index in [0.29, 0.717) is 5.69 Å². The molecule has 0 bridgehead atoms. The van der Waals surface area contributed by atoms with E-state index in [-0.39, 0.29) is 24.7 Å². The Labute approximate surface area is 170 Å². The van der Waals surface area contributed by atoms with Gasteiger partial charge in [0.05, 0.1) is 6.61 Å². The number of benzene rings is 1. The lowest BCUT2D eigenvalue weighted by Gasteiger charge is -2.21. The maximum Gasteiger partial charge on any atom is 0.313 e. The highest BCUT2D eigenvalue weighted by atomic mass is 16.5. The summed E-state index contributed by atoms with van der Waals surface area (Å²) in [5.41, 5.74) is 1.25. The fourth-order valence-corrected chi connectivity index (χ4v) is 3.47. The Morgan fingerprint density at radius 2 is 2.03 bits per heavy atom. The summed E-state index contributed by atoms with van der Waals surface area (Å²) in [4.78, 5) is 14.8.